The molecule has 1 rings (SSSR count). The van der Waals surface area contributed by atoms with E-state index in [1.165, 1.54) is 19.6 Å². The fourth-order valence-corrected chi connectivity index (χ4v) is 1.70. The number of hydrogen-bond acceptors (Lipinski definition) is 6. The van der Waals surface area contributed by atoms with E-state index < -0.39 is 5.97 Å². The quantitative estimate of drug-likeness (QED) is 0.728. The van der Waals surface area contributed by atoms with Crippen LogP contribution in [0.2, 0.25) is 0 Å². The molecule has 6 heteroatoms. The van der Waals surface area contributed by atoms with E-state index in [1.807, 2.05) is 0 Å². The highest BCUT2D eigenvalue weighted by Gasteiger charge is 2.19. The summed E-state index contributed by atoms with van der Waals surface area (Å²) in [4.78, 5) is 19.4. The summed E-state index contributed by atoms with van der Waals surface area (Å²) in [6, 6.07) is 0. The minimum atomic E-state index is -0.462. The summed E-state index contributed by atoms with van der Waals surface area (Å²) in [6.07, 6.45) is 4.45. The summed E-state index contributed by atoms with van der Waals surface area (Å²) in [6.45, 7) is 5.02. The van der Waals surface area contributed by atoms with Gasteiger partial charge in [0.25, 0.3) is 0 Å². The van der Waals surface area contributed by atoms with E-state index in [4.69, 9.17) is 5.11 Å². The smallest absolute Gasteiger partial charge is 0.343 e. The van der Waals surface area contributed by atoms with Crippen molar-refractivity contribution in [1.29, 1.82) is 0 Å². The SMILES string of the molecule is COC(=O)c1cncnc1NCC(C)(C)CCCO. The molecule has 6 nitrogen and oxygen atoms in total. The van der Waals surface area contributed by atoms with Crippen molar-refractivity contribution < 1.29 is 14.6 Å². The van der Waals surface area contributed by atoms with E-state index in [0.717, 1.165) is 12.8 Å². The van der Waals surface area contributed by atoms with Crippen molar-refractivity contribution in [2.45, 2.75) is 26.7 Å². The molecule has 0 saturated carbocycles. The summed E-state index contributed by atoms with van der Waals surface area (Å²) in [5.41, 5.74) is 0.323. The van der Waals surface area contributed by atoms with Crippen LogP contribution in [0, 0.1) is 5.41 Å². The average Bonchev–Trinajstić information content (AvgIpc) is 2.42. The lowest BCUT2D eigenvalue weighted by Gasteiger charge is -2.25. The van der Waals surface area contributed by atoms with E-state index in [1.54, 1.807) is 0 Å². The molecular formula is C13H21N3O3. The molecule has 0 radical (unpaired) electrons. The van der Waals surface area contributed by atoms with Crippen LogP contribution in [0.1, 0.15) is 37.0 Å². The maximum atomic E-state index is 11.6. The molecular weight excluding hydrogens is 246 g/mol. The molecule has 0 amide bonds. The van der Waals surface area contributed by atoms with Crippen molar-refractivity contribution in [3.05, 3.63) is 18.1 Å². The van der Waals surface area contributed by atoms with Crippen LogP contribution in [0.5, 0.6) is 0 Å². The van der Waals surface area contributed by atoms with Gasteiger partial charge in [0, 0.05) is 19.3 Å². The standard InChI is InChI=1S/C13H21N3O3/c1-13(2,5-4-6-17)8-15-11-10(12(18)19-3)7-14-9-16-11/h7,9,17H,4-6,8H2,1-3H3,(H,14,15,16). The average molecular weight is 267 g/mol. The number of nitrogens with one attached hydrogen (secondary N) is 1. The number of esters is 1. The van der Waals surface area contributed by atoms with Crippen molar-refractivity contribution in [3.8, 4) is 0 Å². The first-order valence-electron chi connectivity index (χ1n) is 6.23. The molecule has 1 aromatic heterocycles. The van der Waals surface area contributed by atoms with Crippen molar-refractivity contribution in [2.24, 2.45) is 5.41 Å². The normalized spacial score (nSPS) is 11.2. The Morgan fingerprint density at radius 3 is 2.89 bits per heavy atom. The molecule has 0 aliphatic carbocycles. The molecule has 0 fully saturated rings. The van der Waals surface area contributed by atoms with Gasteiger partial charge in [0.1, 0.15) is 17.7 Å². The molecule has 0 aromatic carbocycles. The van der Waals surface area contributed by atoms with Crippen LogP contribution < -0.4 is 5.32 Å². The van der Waals surface area contributed by atoms with Gasteiger partial charge in [0.15, 0.2) is 0 Å². The largest absolute Gasteiger partial charge is 0.465 e. The summed E-state index contributed by atoms with van der Waals surface area (Å²) >= 11 is 0. The van der Waals surface area contributed by atoms with Gasteiger partial charge in [-0.25, -0.2) is 14.8 Å². The van der Waals surface area contributed by atoms with E-state index in [-0.39, 0.29) is 12.0 Å². The first kappa shape index (κ1) is 15.4. The van der Waals surface area contributed by atoms with E-state index in [9.17, 15) is 4.79 Å². The second-order valence-electron chi connectivity index (χ2n) is 5.12. The zero-order chi connectivity index (χ0) is 14.3. The minimum absolute atomic E-state index is 0.00106. The molecule has 0 aliphatic heterocycles. The molecule has 0 aliphatic rings. The van der Waals surface area contributed by atoms with Gasteiger partial charge in [-0.3, -0.25) is 0 Å². The lowest BCUT2D eigenvalue weighted by molar-refractivity contribution is 0.0601. The minimum Gasteiger partial charge on any atom is -0.465 e. The van der Waals surface area contributed by atoms with Gasteiger partial charge in [-0.05, 0) is 18.3 Å². The lowest BCUT2D eigenvalue weighted by atomic mass is 9.88. The Morgan fingerprint density at radius 2 is 2.26 bits per heavy atom. The van der Waals surface area contributed by atoms with Crippen LogP contribution in [-0.4, -0.2) is 41.3 Å². The lowest BCUT2D eigenvalue weighted by Crippen LogP contribution is -2.25. The van der Waals surface area contributed by atoms with Crippen LogP contribution in [-0.2, 0) is 4.74 Å². The third-order valence-corrected chi connectivity index (χ3v) is 2.86. The van der Waals surface area contributed by atoms with Crippen molar-refractivity contribution >= 4 is 11.8 Å². The molecule has 19 heavy (non-hydrogen) atoms. The number of aliphatic hydroxyl groups excluding tert-OH is 1. The van der Waals surface area contributed by atoms with Gasteiger partial charge in [0.05, 0.1) is 7.11 Å². The molecule has 0 bridgehead atoms. The van der Waals surface area contributed by atoms with Gasteiger partial charge in [-0.1, -0.05) is 13.8 Å². The monoisotopic (exact) mass is 267 g/mol. The summed E-state index contributed by atoms with van der Waals surface area (Å²) < 4.78 is 4.68. The summed E-state index contributed by atoms with van der Waals surface area (Å²) in [5, 5.41) is 12.0. The van der Waals surface area contributed by atoms with Gasteiger partial charge in [-0.2, -0.15) is 0 Å². The zero-order valence-electron chi connectivity index (χ0n) is 11.6. The van der Waals surface area contributed by atoms with Crippen molar-refractivity contribution in [3.63, 3.8) is 0 Å². The summed E-state index contributed by atoms with van der Waals surface area (Å²) in [5.74, 6) is 0.00943. The Morgan fingerprint density at radius 1 is 1.53 bits per heavy atom. The number of methoxy groups -OCH3 is 1. The Kier molecular flexibility index (Phi) is 5.69. The zero-order valence-corrected chi connectivity index (χ0v) is 11.6. The van der Waals surface area contributed by atoms with Crippen molar-refractivity contribution in [1.82, 2.24) is 9.97 Å². The Labute approximate surface area is 113 Å². The molecule has 0 spiro atoms. The fourth-order valence-electron chi connectivity index (χ4n) is 1.70. The van der Waals surface area contributed by atoms with Crippen molar-refractivity contribution in [2.75, 3.05) is 25.6 Å². The number of anilines is 1. The third kappa shape index (κ3) is 4.82. The Bertz CT molecular complexity index is 421. The number of hydrogen-bond donors (Lipinski definition) is 2. The van der Waals surface area contributed by atoms with Gasteiger partial charge < -0.3 is 15.2 Å². The fraction of sp³-hybridized carbons (Fsp3) is 0.615. The second kappa shape index (κ2) is 7.04. The third-order valence-electron chi connectivity index (χ3n) is 2.86. The Hall–Kier alpha value is -1.69. The maximum absolute atomic E-state index is 11.6. The maximum Gasteiger partial charge on any atom is 0.343 e. The Balaban J connectivity index is 2.69. The number of carbonyl (C=O) groups is 1. The first-order chi connectivity index (χ1) is 9.00. The number of aromatic nitrogens is 2. The number of ether oxygens (including phenoxy) is 1. The van der Waals surface area contributed by atoms with Crippen LogP contribution in [0.4, 0.5) is 5.82 Å². The first-order valence-corrected chi connectivity index (χ1v) is 6.23. The number of nitrogens with zero attached hydrogens (tertiary/aromatic N) is 2. The van der Waals surface area contributed by atoms with E-state index in [0.29, 0.717) is 17.9 Å². The van der Waals surface area contributed by atoms with E-state index in [2.05, 4.69) is 33.9 Å². The second-order valence-corrected chi connectivity index (χ2v) is 5.12. The van der Waals surface area contributed by atoms with Gasteiger partial charge >= 0.3 is 5.97 Å². The molecule has 1 heterocycles. The molecule has 0 unspecified atom stereocenters. The molecule has 106 valence electrons. The predicted molar refractivity (Wildman–Crippen MR) is 72.0 cm³/mol. The number of carbonyl (C=O) groups excluding carboxylic acids is 1. The summed E-state index contributed by atoms with van der Waals surface area (Å²) in [7, 11) is 1.32. The van der Waals surface area contributed by atoms with Crippen LogP contribution in [0.15, 0.2) is 12.5 Å². The highest BCUT2D eigenvalue weighted by molar-refractivity contribution is 5.94. The number of aliphatic hydroxyl groups is 1. The molecule has 1 aromatic rings. The predicted octanol–water partition coefficient (Wildman–Crippen LogP) is 1.47. The molecule has 0 saturated heterocycles. The number of rotatable bonds is 7. The highest BCUT2D eigenvalue weighted by atomic mass is 16.5. The highest BCUT2D eigenvalue weighted by Crippen LogP contribution is 2.23. The van der Waals surface area contributed by atoms with E-state index >= 15 is 0 Å². The van der Waals surface area contributed by atoms with Crippen LogP contribution in [0.25, 0.3) is 0 Å². The van der Waals surface area contributed by atoms with Crippen LogP contribution in [0.3, 0.4) is 0 Å². The molecule has 0 atom stereocenters. The van der Waals surface area contributed by atoms with Gasteiger partial charge in [0.2, 0.25) is 0 Å². The van der Waals surface area contributed by atoms with Crippen LogP contribution >= 0.6 is 0 Å². The molecule has 2 N–H and O–H groups in total. The topological polar surface area (TPSA) is 84.3 Å². The van der Waals surface area contributed by atoms with Gasteiger partial charge in [-0.15, -0.1) is 0 Å².